The molecule has 2 aromatic carbocycles. The quantitative estimate of drug-likeness (QED) is 0.447. The summed E-state index contributed by atoms with van der Waals surface area (Å²) in [6.45, 7) is 3.96. The minimum absolute atomic E-state index is 0.143. The van der Waals surface area contributed by atoms with Crippen LogP contribution in [0.1, 0.15) is 16.7 Å². The van der Waals surface area contributed by atoms with Crippen LogP contribution in [0, 0.1) is 25.2 Å². The Hall–Kier alpha value is -2.80. The SMILES string of the molecule is Cc1ccc(NC(=O)CSc2nsc(SCC(=O)Nc3ccc(C)cc3)c2C#N)cc1. The summed E-state index contributed by atoms with van der Waals surface area (Å²) in [5.74, 6) is -0.0113. The van der Waals surface area contributed by atoms with Crippen LogP contribution in [0.3, 0.4) is 0 Å². The van der Waals surface area contributed by atoms with Gasteiger partial charge in [-0.2, -0.15) is 9.64 Å². The predicted molar refractivity (Wildman–Crippen MR) is 128 cm³/mol. The van der Waals surface area contributed by atoms with Gasteiger partial charge in [-0.1, -0.05) is 47.2 Å². The van der Waals surface area contributed by atoms with E-state index >= 15 is 0 Å². The number of hydrogen-bond donors (Lipinski definition) is 2. The Kier molecular flexibility index (Phi) is 8.12. The predicted octanol–water partition coefficient (Wildman–Crippen LogP) is 5.09. The smallest absolute Gasteiger partial charge is 0.234 e. The summed E-state index contributed by atoms with van der Waals surface area (Å²) in [6.07, 6.45) is 0. The Morgan fingerprint density at radius 3 is 1.87 bits per heavy atom. The standard InChI is InChI=1S/C22H20N4O2S3/c1-14-3-7-16(8-4-14)24-19(27)12-29-21-18(11-23)22(31-26-21)30-13-20(28)25-17-9-5-15(2)6-10-17/h3-10H,12-13H2,1-2H3,(H,24,27)(H,25,28). The topological polar surface area (TPSA) is 94.9 Å². The number of nitrogens with zero attached hydrogens (tertiary/aromatic N) is 2. The molecule has 0 aliphatic carbocycles. The first-order valence-corrected chi connectivity index (χ1v) is 12.1. The highest BCUT2D eigenvalue weighted by Crippen LogP contribution is 2.34. The van der Waals surface area contributed by atoms with E-state index in [-0.39, 0.29) is 23.3 Å². The fourth-order valence-electron chi connectivity index (χ4n) is 2.48. The fraction of sp³-hybridized carbons (Fsp3) is 0.182. The molecule has 2 N–H and O–H groups in total. The van der Waals surface area contributed by atoms with Crippen molar-refractivity contribution >= 4 is 58.2 Å². The average molecular weight is 469 g/mol. The van der Waals surface area contributed by atoms with E-state index in [9.17, 15) is 14.9 Å². The summed E-state index contributed by atoms with van der Waals surface area (Å²) >= 11 is 3.65. The molecule has 3 aromatic rings. The van der Waals surface area contributed by atoms with Crippen LogP contribution >= 0.6 is 35.1 Å². The van der Waals surface area contributed by atoms with Crippen molar-refractivity contribution < 1.29 is 9.59 Å². The maximum Gasteiger partial charge on any atom is 0.234 e. The largest absolute Gasteiger partial charge is 0.325 e. The van der Waals surface area contributed by atoms with Crippen molar-refractivity contribution in [3.63, 3.8) is 0 Å². The first-order valence-electron chi connectivity index (χ1n) is 9.33. The number of amides is 2. The molecule has 0 aliphatic rings. The number of rotatable bonds is 8. The number of aryl methyl sites for hydroxylation is 2. The van der Waals surface area contributed by atoms with Gasteiger partial charge in [-0.3, -0.25) is 9.59 Å². The lowest BCUT2D eigenvalue weighted by atomic mass is 10.2. The zero-order valence-electron chi connectivity index (χ0n) is 17.0. The Balaban J connectivity index is 1.52. The summed E-state index contributed by atoms with van der Waals surface area (Å²) in [5, 5.41) is 15.7. The van der Waals surface area contributed by atoms with Crippen molar-refractivity contribution in [1.29, 1.82) is 5.26 Å². The molecule has 6 nitrogen and oxygen atoms in total. The highest BCUT2D eigenvalue weighted by atomic mass is 32.2. The van der Waals surface area contributed by atoms with Gasteiger partial charge < -0.3 is 10.6 Å². The second kappa shape index (κ2) is 11.0. The van der Waals surface area contributed by atoms with Crippen LogP contribution in [-0.2, 0) is 9.59 Å². The number of carbonyl (C=O) groups excluding carboxylic acids is 2. The van der Waals surface area contributed by atoms with Crippen molar-refractivity contribution in [1.82, 2.24) is 4.37 Å². The van der Waals surface area contributed by atoms with Gasteiger partial charge in [0.2, 0.25) is 11.8 Å². The van der Waals surface area contributed by atoms with Crippen molar-refractivity contribution in [3.8, 4) is 6.07 Å². The molecular weight excluding hydrogens is 448 g/mol. The second-order valence-corrected chi connectivity index (χ2v) is 9.65. The second-order valence-electron chi connectivity index (χ2n) is 6.67. The first kappa shape index (κ1) is 22.9. The first-order chi connectivity index (χ1) is 14.9. The van der Waals surface area contributed by atoms with Crippen LogP contribution in [0.15, 0.2) is 57.8 Å². The Morgan fingerprint density at radius 1 is 0.903 bits per heavy atom. The number of hydrogen-bond acceptors (Lipinski definition) is 7. The summed E-state index contributed by atoms with van der Waals surface area (Å²) in [4.78, 5) is 24.4. The number of benzene rings is 2. The van der Waals surface area contributed by atoms with Gasteiger partial charge in [-0.05, 0) is 49.6 Å². The molecule has 0 saturated heterocycles. The van der Waals surface area contributed by atoms with Gasteiger partial charge in [0.25, 0.3) is 0 Å². The van der Waals surface area contributed by atoms with E-state index < -0.39 is 0 Å². The number of anilines is 2. The van der Waals surface area contributed by atoms with Crippen LogP contribution in [0.5, 0.6) is 0 Å². The summed E-state index contributed by atoms with van der Waals surface area (Å²) in [5.41, 5.74) is 4.10. The summed E-state index contributed by atoms with van der Waals surface area (Å²) < 4.78 is 4.97. The van der Waals surface area contributed by atoms with E-state index in [4.69, 9.17) is 0 Å². The number of aromatic nitrogens is 1. The molecule has 9 heteroatoms. The third kappa shape index (κ3) is 6.85. The lowest BCUT2D eigenvalue weighted by molar-refractivity contribution is -0.114. The van der Waals surface area contributed by atoms with Crippen LogP contribution in [0.25, 0.3) is 0 Å². The summed E-state index contributed by atoms with van der Waals surface area (Å²) in [6, 6.07) is 17.2. The van der Waals surface area contributed by atoms with Gasteiger partial charge in [-0.15, -0.1) is 11.8 Å². The van der Waals surface area contributed by atoms with Gasteiger partial charge in [-0.25, -0.2) is 0 Å². The van der Waals surface area contributed by atoms with E-state index in [1.165, 1.54) is 35.1 Å². The number of thioether (sulfide) groups is 2. The molecule has 0 atom stereocenters. The summed E-state index contributed by atoms with van der Waals surface area (Å²) in [7, 11) is 0. The van der Waals surface area contributed by atoms with Crippen LogP contribution < -0.4 is 10.6 Å². The van der Waals surface area contributed by atoms with E-state index in [0.29, 0.717) is 14.8 Å². The molecule has 0 fully saturated rings. The number of nitrogens with one attached hydrogen (secondary N) is 2. The molecule has 1 aromatic heterocycles. The molecule has 31 heavy (non-hydrogen) atoms. The Morgan fingerprint density at radius 2 is 1.39 bits per heavy atom. The molecule has 0 spiro atoms. The van der Waals surface area contributed by atoms with Crippen LogP contribution in [0.4, 0.5) is 11.4 Å². The monoisotopic (exact) mass is 468 g/mol. The average Bonchev–Trinajstić information content (AvgIpc) is 3.16. The van der Waals surface area contributed by atoms with Gasteiger partial charge in [0.15, 0.2) is 0 Å². The van der Waals surface area contributed by atoms with Gasteiger partial charge in [0, 0.05) is 11.4 Å². The lowest BCUT2D eigenvalue weighted by Crippen LogP contribution is -2.14. The fourth-order valence-corrected chi connectivity index (χ4v) is 5.18. The van der Waals surface area contributed by atoms with Crippen molar-refractivity contribution in [2.24, 2.45) is 0 Å². The molecule has 0 saturated carbocycles. The Bertz CT molecular complexity index is 1020. The Labute approximate surface area is 193 Å². The molecular formula is C22H20N4O2S3. The van der Waals surface area contributed by atoms with Gasteiger partial charge in [0.1, 0.15) is 20.9 Å². The maximum atomic E-state index is 12.2. The van der Waals surface area contributed by atoms with Crippen LogP contribution in [-0.4, -0.2) is 27.7 Å². The number of carbonyl (C=O) groups is 2. The van der Waals surface area contributed by atoms with Crippen molar-refractivity contribution in [3.05, 3.63) is 65.2 Å². The molecule has 0 aliphatic heterocycles. The van der Waals surface area contributed by atoms with Gasteiger partial charge >= 0.3 is 0 Å². The lowest BCUT2D eigenvalue weighted by Gasteiger charge is -2.05. The number of nitriles is 1. The molecule has 0 radical (unpaired) electrons. The van der Waals surface area contributed by atoms with E-state index in [1.54, 1.807) is 0 Å². The molecule has 3 rings (SSSR count). The zero-order chi connectivity index (χ0) is 22.2. The van der Waals surface area contributed by atoms with Crippen molar-refractivity contribution in [2.75, 3.05) is 22.1 Å². The molecule has 158 valence electrons. The maximum absolute atomic E-state index is 12.2. The highest BCUT2D eigenvalue weighted by Gasteiger charge is 2.17. The minimum Gasteiger partial charge on any atom is -0.325 e. The van der Waals surface area contributed by atoms with E-state index in [2.05, 4.69) is 21.1 Å². The van der Waals surface area contributed by atoms with Crippen molar-refractivity contribution in [2.45, 2.75) is 23.1 Å². The minimum atomic E-state index is -0.169. The molecule has 0 bridgehead atoms. The highest BCUT2D eigenvalue weighted by molar-refractivity contribution is 8.02. The van der Waals surface area contributed by atoms with Crippen LogP contribution in [0.2, 0.25) is 0 Å². The third-order valence-corrected chi connectivity index (χ3v) is 7.27. The van der Waals surface area contributed by atoms with Gasteiger partial charge in [0.05, 0.1) is 11.5 Å². The molecule has 0 unspecified atom stereocenters. The normalized spacial score (nSPS) is 10.4. The van der Waals surface area contributed by atoms with E-state index in [0.717, 1.165) is 22.5 Å². The molecule has 1 heterocycles. The molecule has 2 amide bonds. The third-order valence-electron chi connectivity index (χ3n) is 4.09. The van der Waals surface area contributed by atoms with E-state index in [1.807, 2.05) is 62.4 Å². The zero-order valence-corrected chi connectivity index (χ0v) is 19.4.